The molecule has 20 heteroatoms. The van der Waals surface area contributed by atoms with Crippen molar-refractivity contribution < 1.29 is 29.6 Å². The largest absolute Gasteiger partial charge is 0.478 e. The van der Waals surface area contributed by atoms with Crippen LogP contribution in [-0.2, 0) is 0 Å². The van der Waals surface area contributed by atoms with Crippen LogP contribution >= 0.6 is 0 Å². The normalized spacial score (nSPS) is 10.7. The van der Waals surface area contributed by atoms with E-state index in [1.165, 1.54) is 0 Å². The lowest BCUT2D eigenvalue weighted by Crippen LogP contribution is -2.54. The summed E-state index contributed by atoms with van der Waals surface area (Å²) >= 11 is 0. The van der Waals surface area contributed by atoms with Crippen molar-refractivity contribution in [1.82, 2.24) is 5.01 Å². The molecule has 0 aliphatic rings. The van der Waals surface area contributed by atoms with Gasteiger partial charge in [-0.3, -0.25) is 50.6 Å². The number of nitrogens with one attached hydrogen (secondary N) is 1. The zero-order valence-corrected chi connectivity index (χ0v) is 15.3. The van der Waals surface area contributed by atoms with E-state index < -0.39 is 77.7 Å². The maximum atomic E-state index is 11.2. The highest BCUT2D eigenvalue weighted by Crippen LogP contribution is 2.38. The van der Waals surface area contributed by atoms with Gasteiger partial charge in [-0.05, 0) is 0 Å². The van der Waals surface area contributed by atoms with Crippen LogP contribution in [-0.4, -0.2) is 60.0 Å². The van der Waals surface area contributed by atoms with Gasteiger partial charge in [0.25, 0.3) is 5.69 Å². The summed E-state index contributed by atoms with van der Waals surface area (Å²) in [5.74, 6) is 0. The van der Waals surface area contributed by atoms with Crippen molar-refractivity contribution in [1.29, 1.82) is 0 Å². The molecule has 1 N–H and O–H groups in total. The molecule has 0 heterocycles. The molecule has 0 saturated heterocycles. The van der Waals surface area contributed by atoms with E-state index in [2.05, 4.69) is 5.32 Å². The zero-order valence-electron chi connectivity index (χ0n) is 15.3. The SMILES string of the molecule is CC(CN(CCNc1c([N+](=O)[O-])cc([N+](=O)[O-])cc1[N+](=O)[O-])[N+](=O)[O-])([N+](=O)[O-])[N+](=O)[O-]. The van der Waals surface area contributed by atoms with E-state index in [0.29, 0.717) is 19.1 Å². The number of nitro benzene ring substituents is 3. The average molecular weight is 448 g/mol. The molecule has 0 fully saturated rings. The van der Waals surface area contributed by atoms with E-state index in [1.807, 2.05) is 0 Å². The van der Waals surface area contributed by atoms with Crippen LogP contribution in [0.2, 0.25) is 0 Å². The fourth-order valence-electron chi connectivity index (χ4n) is 2.23. The standard InChI is InChI=1S/C11H12N8O12/c1-11(17(26)27,18(28)29)6-13(19(30)31)3-2-12-10-8(15(22)23)4-7(14(20)21)5-9(10)16(24)25/h4-5,12H,2-3,6H2,1H3. The quantitative estimate of drug-likeness (QED) is 0.260. The van der Waals surface area contributed by atoms with Gasteiger partial charge in [-0.25, -0.2) is 10.1 Å². The first-order valence-corrected chi connectivity index (χ1v) is 7.75. The second-order valence-corrected chi connectivity index (χ2v) is 5.91. The van der Waals surface area contributed by atoms with Gasteiger partial charge in [0.2, 0.25) is 6.54 Å². The van der Waals surface area contributed by atoms with Crippen molar-refractivity contribution in [2.75, 3.05) is 25.0 Å². The van der Waals surface area contributed by atoms with Gasteiger partial charge >= 0.3 is 17.0 Å². The smallest absolute Gasteiger partial charge is 0.372 e. The second-order valence-electron chi connectivity index (χ2n) is 5.91. The number of nitrogens with zero attached hydrogens (tertiary/aromatic N) is 7. The van der Waals surface area contributed by atoms with Crippen molar-refractivity contribution in [3.63, 3.8) is 0 Å². The summed E-state index contributed by atoms with van der Waals surface area (Å²) < 4.78 is 0. The lowest BCUT2D eigenvalue weighted by atomic mass is 10.2. The van der Waals surface area contributed by atoms with E-state index in [4.69, 9.17) is 0 Å². The number of nitro groups is 6. The lowest BCUT2D eigenvalue weighted by Gasteiger charge is -2.18. The van der Waals surface area contributed by atoms with Crippen LogP contribution < -0.4 is 5.32 Å². The van der Waals surface area contributed by atoms with Gasteiger partial charge in [-0.1, -0.05) is 0 Å². The Bertz CT molecular complexity index is 915. The van der Waals surface area contributed by atoms with E-state index in [0.717, 1.165) is 0 Å². The van der Waals surface area contributed by atoms with Gasteiger partial charge in [0, 0.05) is 6.54 Å². The number of hydrazine groups is 1. The van der Waals surface area contributed by atoms with E-state index in [-0.39, 0.29) is 5.01 Å². The molecule has 0 bridgehead atoms. The Morgan fingerprint density at radius 2 is 1.29 bits per heavy atom. The van der Waals surface area contributed by atoms with Crippen LogP contribution in [0.15, 0.2) is 12.1 Å². The molecule has 0 spiro atoms. The molecule has 0 saturated carbocycles. The summed E-state index contributed by atoms with van der Waals surface area (Å²) in [7, 11) is 0. The third-order valence-corrected chi connectivity index (χ3v) is 3.86. The van der Waals surface area contributed by atoms with E-state index >= 15 is 0 Å². The molecular weight excluding hydrogens is 436 g/mol. The summed E-state index contributed by atoms with van der Waals surface area (Å²) in [6.45, 7) is -2.25. The minimum Gasteiger partial charge on any atom is -0.372 e. The van der Waals surface area contributed by atoms with Crippen molar-refractivity contribution in [2.45, 2.75) is 12.6 Å². The molecule has 31 heavy (non-hydrogen) atoms. The Morgan fingerprint density at radius 1 is 0.839 bits per heavy atom. The van der Waals surface area contributed by atoms with E-state index in [9.17, 15) is 60.7 Å². The van der Waals surface area contributed by atoms with Crippen LogP contribution in [0.3, 0.4) is 0 Å². The molecule has 0 aromatic heterocycles. The predicted octanol–water partition coefficient (Wildman–Crippen LogP) is 0.586. The number of hydrogen-bond acceptors (Lipinski definition) is 13. The van der Waals surface area contributed by atoms with Gasteiger partial charge in [-0.15, -0.1) is 5.01 Å². The van der Waals surface area contributed by atoms with Crippen molar-refractivity contribution >= 4 is 22.7 Å². The minimum absolute atomic E-state index is 0.0711. The molecular formula is C11H12N8O12. The molecule has 0 amide bonds. The van der Waals surface area contributed by atoms with Crippen LogP contribution in [0.25, 0.3) is 0 Å². The first kappa shape index (κ1) is 24.3. The van der Waals surface area contributed by atoms with Gasteiger partial charge in [0.1, 0.15) is 9.85 Å². The van der Waals surface area contributed by atoms with Gasteiger partial charge in [0.05, 0.1) is 40.4 Å². The van der Waals surface area contributed by atoms with E-state index in [1.54, 1.807) is 0 Å². The molecule has 0 radical (unpaired) electrons. The number of non-ortho nitro benzene ring substituents is 1. The molecule has 0 atom stereocenters. The molecule has 1 aromatic rings. The summed E-state index contributed by atoms with van der Waals surface area (Å²) in [4.78, 5) is 60.0. The lowest BCUT2D eigenvalue weighted by molar-refractivity contribution is -0.805. The number of anilines is 1. The third-order valence-electron chi connectivity index (χ3n) is 3.86. The summed E-state index contributed by atoms with van der Waals surface area (Å²) in [6.07, 6.45) is 0. The van der Waals surface area contributed by atoms with Crippen molar-refractivity contribution in [3.05, 3.63) is 72.8 Å². The minimum atomic E-state index is -2.96. The Balaban J connectivity index is 3.21. The highest BCUT2D eigenvalue weighted by Gasteiger charge is 2.54. The average Bonchev–Trinajstić information content (AvgIpc) is 2.65. The fourth-order valence-corrected chi connectivity index (χ4v) is 2.23. The number of rotatable bonds is 12. The first-order chi connectivity index (χ1) is 14.2. The maximum Gasteiger partial charge on any atom is 0.478 e. The maximum absolute atomic E-state index is 11.2. The van der Waals surface area contributed by atoms with Crippen molar-refractivity contribution in [3.8, 4) is 0 Å². The van der Waals surface area contributed by atoms with Crippen LogP contribution in [0.1, 0.15) is 6.92 Å². The zero-order chi connectivity index (χ0) is 24.1. The highest BCUT2D eigenvalue weighted by molar-refractivity contribution is 5.77. The monoisotopic (exact) mass is 448 g/mol. The summed E-state index contributed by atoms with van der Waals surface area (Å²) in [5, 5.41) is 67.2. The third kappa shape index (κ3) is 5.39. The van der Waals surface area contributed by atoms with Crippen LogP contribution in [0.5, 0.6) is 0 Å². The first-order valence-electron chi connectivity index (χ1n) is 7.75. The second kappa shape index (κ2) is 9.15. The van der Waals surface area contributed by atoms with Gasteiger partial charge < -0.3 is 5.32 Å². The molecule has 0 aliphatic heterocycles. The molecule has 168 valence electrons. The Hall–Kier alpha value is -4.78. The molecule has 1 rings (SSSR count). The van der Waals surface area contributed by atoms with Crippen molar-refractivity contribution in [2.24, 2.45) is 0 Å². The molecule has 0 aliphatic carbocycles. The Morgan fingerprint density at radius 3 is 1.61 bits per heavy atom. The van der Waals surface area contributed by atoms with Gasteiger partial charge in [-0.2, -0.15) is 0 Å². The fraction of sp³-hybridized carbons (Fsp3) is 0.455. The Labute approximate surface area is 168 Å². The summed E-state index contributed by atoms with van der Waals surface area (Å²) in [5.41, 5.74) is -6.87. The summed E-state index contributed by atoms with van der Waals surface area (Å²) in [6, 6.07) is 0.855. The highest BCUT2D eigenvalue weighted by atomic mass is 16.7. The topological polar surface area (TPSA) is 274 Å². The van der Waals surface area contributed by atoms with Crippen LogP contribution in [0, 0.1) is 60.7 Å². The van der Waals surface area contributed by atoms with Gasteiger partial charge in [0.15, 0.2) is 10.7 Å². The molecule has 20 nitrogen and oxygen atoms in total. The molecule has 1 aromatic carbocycles. The Kier molecular flexibility index (Phi) is 7.16. The number of hydrogen-bond donors (Lipinski definition) is 1. The molecule has 0 unspecified atom stereocenters. The predicted molar refractivity (Wildman–Crippen MR) is 95.9 cm³/mol. The van der Waals surface area contributed by atoms with Crippen LogP contribution in [0.4, 0.5) is 22.7 Å². The number of benzene rings is 1.